The normalized spacial score (nSPS) is 13.4. The van der Waals surface area contributed by atoms with Crippen LogP contribution in [0.1, 0.15) is 44.9 Å². The van der Waals surface area contributed by atoms with Crippen LogP contribution in [-0.4, -0.2) is 23.6 Å². The van der Waals surface area contributed by atoms with Gasteiger partial charge in [0.15, 0.2) is 0 Å². The van der Waals surface area contributed by atoms with Gasteiger partial charge >= 0.3 is 0 Å². The van der Waals surface area contributed by atoms with Crippen molar-refractivity contribution in [3.63, 3.8) is 0 Å². The highest BCUT2D eigenvalue weighted by Gasteiger charge is 2.00. The number of hydrogen-bond acceptors (Lipinski definition) is 2. The second kappa shape index (κ2) is 14.1. The van der Waals surface area contributed by atoms with Crippen molar-refractivity contribution in [2.24, 2.45) is 42.9 Å². The SMILES string of the molecule is NC(CCCCCCCC(N)=NC(N)=Nc1ccc(Cl)cc1)=NC(N)=Nc1ccc(Cl)cc1. The van der Waals surface area contributed by atoms with Crippen LogP contribution in [0.15, 0.2) is 68.5 Å². The average Bonchev–Trinajstić information content (AvgIpc) is 2.76. The van der Waals surface area contributed by atoms with Gasteiger partial charge < -0.3 is 22.9 Å². The molecular weight excluding hydrogens is 459 g/mol. The topological polar surface area (TPSA) is 154 Å². The molecule has 2 rings (SSSR count). The molecule has 0 atom stereocenters. The Morgan fingerprint density at radius 1 is 0.545 bits per heavy atom. The van der Waals surface area contributed by atoms with Crippen LogP contribution in [0.25, 0.3) is 0 Å². The number of unbranched alkanes of at least 4 members (excludes halogenated alkanes) is 4. The van der Waals surface area contributed by atoms with E-state index in [0.29, 0.717) is 45.9 Å². The van der Waals surface area contributed by atoms with Crippen molar-refractivity contribution in [3.05, 3.63) is 58.6 Å². The van der Waals surface area contributed by atoms with Crippen LogP contribution in [-0.2, 0) is 0 Å². The Hall–Kier alpha value is -3.10. The molecule has 0 aliphatic heterocycles. The van der Waals surface area contributed by atoms with Gasteiger partial charge in [-0.3, -0.25) is 0 Å². The van der Waals surface area contributed by atoms with Gasteiger partial charge in [-0.1, -0.05) is 42.5 Å². The van der Waals surface area contributed by atoms with Crippen molar-refractivity contribution in [1.29, 1.82) is 0 Å². The Bertz CT molecular complexity index is 915. The molecule has 0 amide bonds. The maximum absolute atomic E-state index is 5.95. The highest BCUT2D eigenvalue weighted by Crippen LogP contribution is 2.17. The van der Waals surface area contributed by atoms with Crippen LogP contribution < -0.4 is 22.9 Å². The predicted molar refractivity (Wildman–Crippen MR) is 141 cm³/mol. The van der Waals surface area contributed by atoms with E-state index in [-0.39, 0.29) is 11.9 Å². The van der Waals surface area contributed by atoms with Crippen molar-refractivity contribution in [2.45, 2.75) is 44.9 Å². The summed E-state index contributed by atoms with van der Waals surface area (Å²) in [5.41, 5.74) is 24.9. The highest BCUT2D eigenvalue weighted by molar-refractivity contribution is 6.30. The van der Waals surface area contributed by atoms with Crippen LogP contribution in [0, 0.1) is 0 Å². The molecule has 0 aromatic heterocycles. The summed E-state index contributed by atoms with van der Waals surface area (Å²) >= 11 is 11.7. The number of aliphatic imine (C=N–C) groups is 4. The fourth-order valence-electron chi connectivity index (χ4n) is 2.89. The smallest absolute Gasteiger partial charge is 0.222 e. The minimum absolute atomic E-state index is 0.128. The first kappa shape index (κ1) is 26.2. The fraction of sp³-hybridized carbons (Fsp3) is 0.304. The molecule has 0 saturated heterocycles. The van der Waals surface area contributed by atoms with Crippen molar-refractivity contribution in [1.82, 2.24) is 0 Å². The molecule has 2 aromatic carbocycles. The van der Waals surface area contributed by atoms with Gasteiger partial charge in [-0.15, -0.1) is 0 Å². The molecule has 0 heterocycles. The Balaban J connectivity index is 1.62. The first-order valence-corrected chi connectivity index (χ1v) is 11.4. The zero-order valence-electron chi connectivity index (χ0n) is 18.4. The van der Waals surface area contributed by atoms with E-state index in [1.165, 1.54) is 0 Å². The number of hydrogen-bond donors (Lipinski definition) is 4. The largest absolute Gasteiger partial charge is 0.387 e. The Morgan fingerprint density at radius 3 is 1.24 bits per heavy atom. The maximum atomic E-state index is 5.95. The summed E-state index contributed by atoms with van der Waals surface area (Å²) in [6.45, 7) is 0. The average molecular weight is 489 g/mol. The van der Waals surface area contributed by atoms with Gasteiger partial charge in [-0.2, -0.15) is 0 Å². The molecule has 33 heavy (non-hydrogen) atoms. The summed E-state index contributed by atoms with van der Waals surface area (Å²) in [6.07, 6.45) is 6.30. The van der Waals surface area contributed by atoms with Crippen LogP contribution in [0.4, 0.5) is 11.4 Å². The number of nitrogens with two attached hydrogens (primary N) is 4. The molecule has 0 aliphatic rings. The predicted octanol–water partition coefficient (Wildman–Crippen LogP) is 5.03. The molecule has 0 bridgehead atoms. The third-order valence-electron chi connectivity index (χ3n) is 4.52. The Morgan fingerprint density at radius 2 is 0.879 bits per heavy atom. The molecular formula is C23H30Cl2N8. The molecule has 8 nitrogen and oxygen atoms in total. The van der Waals surface area contributed by atoms with Crippen LogP contribution in [0.3, 0.4) is 0 Å². The van der Waals surface area contributed by atoms with Gasteiger partial charge in [0.05, 0.1) is 11.4 Å². The third-order valence-corrected chi connectivity index (χ3v) is 5.03. The van der Waals surface area contributed by atoms with Crippen molar-refractivity contribution in [3.8, 4) is 0 Å². The molecule has 10 heteroatoms. The minimum Gasteiger partial charge on any atom is -0.387 e. The zero-order chi connectivity index (χ0) is 24.1. The molecule has 2 aromatic rings. The van der Waals surface area contributed by atoms with E-state index in [1.54, 1.807) is 48.5 Å². The number of amidine groups is 2. The zero-order valence-corrected chi connectivity index (χ0v) is 19.9. The van der Waals surface area contributed by atoms with Gasteiger partial charge in [0.25, 0.3) is 0 Å². The van der Waals surface area contributed by atoms with Crippen molar-refractivity contribution < 1.29 is 0 Å². The molecule has 0 aliphatic carbocycles. The number of nitrogens with zero attached hydrogens (tertiary/aromatic N) is 4. The molecule has 0 spiro atoms. The minimum atomic E-state index is 0.128. The van der Waals surface area contributed by atoms with Crippen molar-refractivity contribution >= 4 is 58.2 Å². The lowest BCUT2D eigenvalue weighted by Gasteiger charge is -2.03. The van der Waals surface area contributed by atoms with Gasteiger partial charge in [0.2, 0.25) is 11.9 Å². The summed E-state index contributed by atoms with van der Waals surface area (Å²) in [4.78, 5) is 16.7. The second-order valence-corrected chi connectivity index (χ2v) is 8.24. The Kier molecular flexibility index (Phi) is 11.2. The van der Waals surface area contributed by atoms with Gasteiger partial charge in [-0.25, -0.2) is 20.0 Å². The summed E-state index contributed by atoms with van der Waals surface area (Å²) in [5.74, 6) is 1.20. The first-order valence-electron chi connectivity index (χ1n) is 10.7. The summed E-state index contributed by atoms with van der Waals surface area (Å²) in [6, 6.07) is 14.0. The number of halogens is 2. The van der Waals surface area contributed by atoms with E-state index in [4.69, 9.17) is 46.1 Å². The van der Waals surface area contributed by atoms with Gasteiger partial charge in [0.1, 0.15) is 11.7 Å². The van der Waals surface area contributed by atoms with Gasteiger partial charge in [0, 0.05) is 22.9 Å². The molecule has 176 valence electrons. The molecule has 0 unspecified atom stereocenters. The molecule has 8 N–H and O–H groups in total. The van der Waals surface area contributed by atoms with E-state index in [0.717, 1.165) is 32.1 Å². The molecule has 0 radical (unpaired) electrons. The lowest BCUT2D eigenvalue weighted by atomic mass is 10.1. The van der Waals surface area contributed by atoms with Gasteiger partial charge in [-0.05, 0) is 61.4 Å². The summed E-state index contributed by atoms with van der Waals surface area (Å²) in [7, 11) is 0. The van der Waals surface area contributed by atoms with E-state index < -0.39 is 0 Å². The summed E-state index contributed by atoms with van der Waals surface area (Å²) < 4.78 is 0. The quantitative estimate of drug-likeness (QED) is 0.210. The van der Waals surface area contributed by atoms with E-state index in [1.807, 2.05) is 0 Å². The van der Waals surface area contributed by atoms with E-state index in [9.17, 15) is 0 Å². The number of guanidine groups is 2. The lowest BCUT2D eigenvalue weighted by Crippen LogP contribution is -2.18. The second-order valence-electron chi connectivity index (χ2n) is 7.37. The highest BCUT2D eigenvalue weighted by atomic mass is 35.5. The third kappa shape index (κ3) is 11.4. The van der Waals surface area contributed by atoms with Crippen LogP contribution >= 0.6 is 23.2 Å². The first-order chi connectivity index (χ1) is 15.8. The fourth-order valence-corrected chi connectivity index (χ4v) is 3.15. The Labute approximate surface area is 204 Å². The van der Waals surface area contributed by atoms with Crippen molar-refractivity contribution in [2.75, 3.05) is 0 Å². The number of benzene rings is 2. The van der Waals surface area contributed by atoms with E-state index >= 15 is 0 Å². The van der Waals surface area contributed by atoms with Crippen LogP contribution in [0.5, 0.6) is 0 Å². The maximum Gasteiger partial charge on any atom is 0.222 e. The molecule has 0 saturated carbocycles. The summed E-state index contributed by atoms with van der Waals surface area (Å²) in [5, 5.41) is 1.27. The monoisotopic (exact) mass is 488 g/mol. The number of rotatable bonds is 10. The van der Waals surface area contributed by atoms with Crippen LogP contribution in [0.2, 0.25) is 10.0 Å². The molecule has 0 fully saturated rings. The lowest BCUT2D eigenvalue weighted by molar-refractivity contribution is 0.631. The van der Waals surface area contributed by atoms with E-state index in [2.05, 4.69) is 20.0 Å². The standard InChI is InChI=1S/C23H30Cl2N8/c24-16-8-12-18(13-9-16)30-22(28)32-20(26)6-4-2-1-3-5-7-21(27)33-23(29)31-19-14-10-17(25)11-15-19/h8-15H,1-7H2,(H4,26,28,30,32)(H4,27,29,31,33).